The maximum atomic E-state index is 9.15. The Morgan fingerprint density at radius 3 is 2.41 bits per heavy atom. The smallest absolute Gasteiger partial charge is 0.122 e. The summed E-state index contributed by atoms with van der Waals surface area (Å²) in [5, 5.41) is 9.15. The molecule has 17 heavy (non-hydrogen) atoms. The summed E-state index contributed by atoms with van der Waals surface area (Å²) in [6, 6.07) is 2.20. The summed E-state index contributed by atoms with van der Waals surface area (Å²) >= 11 is 0. The van der Waals surface area contributed by atoms with Gasteiger partial charge in [0.15, 0.2) is 0 Å². The lowest BCUT2D eigenvalue weighted by Gasteiger charge is -2.37. The van der Waals surface area contributed by atoms with Crippen LogP contribution in [0.15, 0.2) is 0 Å². The van der Waals surface area contributed by atoms with E-state index in [-0.39, 0.29) is 5.54 Å². The van der Waals surface area contributed by atoms with Crippen LogP contribution in [0.2, 0.25) is 0 Å². The molecule has 2 N–H and O–H groups in total. The summed E-state index contributed by atoms with van der Waals surface area (Å²) in [5.74, 6) is 0.604. The molecule has 0 unspecified atom stereocenters. The molecule has 0 aromatic carbocycles. The Morgan fingerprint density at radius 1 is 1.35 bits per heavy atom. The van der Waals surface area contributed by atoms with Crippen molar-refractivity contribution < 1.29 is 4.74 Å². The van der Waals surface area contributed by atoms with Crippen LogP contribution in [0.4, 0.5) is 5.82 Å². The molecular formula is C13H19N3O. The minimum absolute atomic E-state index is 0.0216. The zero-order valence-corrected chi connectivity index (χ0v) is 10.7. The van der Waals surface area contributed by atoms with Crippen molar-refractivity contribution in [3.8, 4) is 6.07 Å². The maximum absolute atomic E-state index is 9.15. The zero-order chi connectivity index (χ0) is 12.6. The number of ether oxygens (including phenoxy) is 1. The summed E-state index contributed by atoms with van der Waals surface area (Å²) in [4.78, 5) is 0. The second-order valence-corrected chi connectivity index (χ2v) is 5.03. The largest absolute Gasteiger partial charge is 0.384 e. The van der Waals surface area contributed by atoms with Gasteiger partial charge in [0.1, 0.15) is 11.9 Å². The van der Waals surface area contributed by atoms with E-state index < -0.39 is 0 Å². The fraction of sp³-hybridized carbons (Fsp3) is 0.615. The number of rotatable bonds is 1. The summed E-state index contributed by atoms with van der Waals surface area (Å²) in [6.07, 6.45) is 1.88. The molecule has 1 aromatic rings. The van der Waals surface area contributed by atoms with Gasteiger partial charge in [0.25, 0.3) is 0 Å². The fourth-order valence-corrected chi connectivity index (χ4v) is 2.70. The SMILES string of the molecule is Cc1c(C#N)c(N)n(C2(C)CCOCC2)c1C. The normalized spacial score (nSPS) is 18.9. The summed E-state index contributed by atoms with van der Waals surface area (Å²) in [6.45, 7) is 7.71. The van der Waals surface area contributed by atoms with Crippen LogP contribution in [0.5, 0.6) is 0 Å². The lowest BCUT2D eigenvalue weighted by molar-refractivity contribution is 0.0297. The quantitative estimate of drug-likeness (QED) is 0.807. The van der Waals surface area contributed by atoms with Crippen molar-refractivity contribution in [3.05, 3.63) is 16.8 Å². The number of hydrogen-bond acceptors (Lipinski definition) is 3. The van der Waals surface area contributed by atoms with Gasteiger partial charge < -0.3 is 15.0 Å². The van der Waals surface area contributed by atoms with Crippen molar-refractivity contribution in [3.63, 3.8) is 0 Å². The average molecular weight is 233 g/mol. The van der Waals surface area contributed by atoms with Crippen molar-refractivity contribution in [1.82, 2.24) is 4.57 Å². The molecule has 1 saturated heterocycles. The maximum Gasteiger partial charge on any atom is 0.122 e. The third-order valence-corrected chi connectivity index (χ3v) is 3.97. The Morgan fingerprint density at radius 2 is 1.94 bits per heavy atom. The van der Waals surface area contributed by atoms with Crippen LogP contribution in [-0.2, 0) is 10.3 Å². The van der Waals surface area contributed by atoms with Crippen LogP contribution < -0.4 is 5.73 Å². The molecule has 4 heteroatoms. The molecule has 1 aromatic heterocycles. The molecule has 2 rings (SSSR count). The Hall–Kier alpha value is -1.47. The average Bonchev–Trinajstić information content (AvgIpc) is 2.51. The highest BCUT2D eigenvalue weighted by Crippen LogP contribution is 2.36. The highest BCUT2D eigenvalue weighted by Gasteiger charge is 2.33. The predicted molar refractivity (Wildman–Crippen MR) is 66.7 cm³/mol. The van der Waals surface area contributed by atoms with E-state index in [1.54, 1.807) is 0 Å². The van der Waals surface area contributed by atoms with E-state index in [2.05, 4.69) is 17.6 Å². The van der Waals surface area contributed by atoms with Gasteiger partial charge in [-0.3, -0.25) is 0 Å². The van der Waals surface area contributed by atoms with Crippen molar-refractivity contribution in [1.29, 1.82) is 5.26 Å². The van der Waals surface area contributed by atoms with E-state index in [1.807, 2.05) is 13.8 Å². The minimum Gasteiger partial charge on any atom is -0.384 e. The van der Waals surface area contributed by atoms with Crippen molar-refractivity contribution in [2.75, 3.05) is 18.9 Å². The molecule has 0 aliphatic carbocycles. The van der Waals surface area contributed by atoms with Gasteiger partial charge >= 0.3 is 0 Å². The molecule has 0 amide bonds. The first-order valence-corrected chi connectivity index (χ1v) is 5.97. The second kappa shape index (κ2) is 4.08. The van der Waals surface area contributed by atoms with Gasteiger partial charge in [-0.2, -0.15) is 5.26 Å². The van der Waals surface area contributed by atoms with Crippen LogP contribution in [0.1, 0.15) is 36.6 Å². The monoisotopic (exact) mass is 233 g/mol. The van der Waals surface area contributed by atoms with Gasteiger partial charge in [0.2, 0.25) is 0 Å². The van der Waals surface area contributed by atoms with Gasteiger partial charge in [0, 0.05) is 24.4 Å². The standard InChI is InChI=1S/C13H19N3O/c1-9-10(2)16(12(15)11(9)8-14)13(3)4-6-17-7-5-13/h4-7,15H2,1-3H3. The fourth-order valence-electron chi connectivity index (χ4n) is 2.70. The van der Waals surface area contributed by atoms with E-state index in [0.29, 0.717) is 11.4 Å². The van der Waals surface area contributed by atoms with E-state index in [4.69, 9.17) is 15.7 Å². The van der Waals surface area contributed by atoms with E-state index in [0.717, 1.165) is 37.3 Å². The Bertz CT molecular complexity index is 476. The third kappa shape index (κ3) is 1.71. The second-order valence-electron chi connectivity index (χ2n) is 5.03. The van der Waals surface area contributed by atoms with Crippen LogP contribution in [0.3, 0.4) is 0 Å². The van der Waals surface area contributed by atoms with Gasteiger partial charge in [-0.05, 0) is 39.2 Å². The molecule has 2 heterocycles. The molecule has 0 bridgehead atoms. The van der Waals surface area contributed by atoms with Crippen molar-refractivity contribution in [2.45, 2.75) is 39.2 Å². The molecule has 1 fully saturated rings. The van der Waals surface area contributed by atoms with Crippen molar-refractivity contribution >= 4 is 5.82 Å². The number of hydrogen-bond donors (Lipinski definition) is 1. The molecule has 0 saturated carbocycles. The van der Waals surface area contributed by atoms with Crippen LogP contribution in [-0.4, -0.2) is 17.8 Å². The van der Waals surface area contributed by atoms with E-state index in [1.165, 1.54) is 0 Å². The molecule has 0 atom stereocenters. The highest BCUT2D eigenvalue weighted by atomic mass is 16.5. The van der Waals surface area contributed by atoms with Crippen molar-refractivity contribution in [2.24, 2.45) is 0 Å². The molecular weight excluding hydrogens is 214 g/mol. The van der Waals surface area contributed by atoms with Gasteiger partial charge in [-0.25, -0.2) is 0 Å². The lowest BCUT2D eigenvalue weighted by atomic mass is 9.91. The number of nitrogen functional groups attached to an aromatic ring is 1. The number of aromatic nitrogens is 1. The Balaban J connectivity index is 2.56. The number of nitrogens with two attached hydrogens (primary N) is 1. The highest BCUT2D eigenvalue weighted by molar-refractivity contribution is 5.58. The summed E-state index contributed by atoms with van der Waals surface area (Å²) in [5.41, 5.74) is 8.83. The molecule has 0 radical (unpaired) electrons. The first-order chi connectivity index (χ1) is 8.01. The molecule has 4 nitrogen and oxygen atoms in total. The number of anilines is 1. The lowest BCUT2D eigenvalue weighted by Crippen LogP contribution is -2.38. The first-order valence-electron chi connectivity index (χ1n) is 5.97. The minimum atomic E-state index is -0.0216. The van der Waals surface area contributed by atoms with Crippen LogP contribution >= 0.6 is 0 Å². The number of nitrogens with zero attached hydrogens (tertiary/aromatic N) is 2. The molecule has 92 valence electrons. The number of nitriles is 1. The molecule has 0 spiro atoms. The van der Waals surface area contributed by atoms with E-state index in [9.17, 15) is 0 Å². The van der Waals surface area contributed by atoms with Gasteiger partial charge in [-0.1, -0.05) is 0 Å². The summed E-state index contributed by atoms with van der Waals surface area (Å²) < 4.78 is 7.54. The van der Waals surface area contributed by atoms with E-state index >= 15 is 0 Å². The van der Waals surface area contributed by atoms with Crippen LogP contribution in [0, 0.1) is 25.2 Å². The Labute approximate surface area is 102 Å². The topological polar surface area (TPSA) is 64.0 Å². The van der Waals surface area contributed by atoms with Gasteiger partial charge in [-0.15, -0.1) is 0 Å². The van der Waals surface area contributed by atoms with Gasteiger partial charge in [0.05, 0.1) is 5.56 Å². The van der Waals surface area contributed by atoms with Crippen LogP contribution in [0.25, 0.3) is 0 Å². The third-order valence-electron chi connectivity index (χ3n) is 3.97. The molecule has 1 aliphatic rings. The molecule has 1 aliphatic heterocycles. The Kier molecular flexibility index (Phi) is 2.88. The first kappa shape index (κ1) is 12.0. The zero-order valence-electron chi connectivity index (χ0n) is 10.7. The summed E-state index contributed by atoms with van der Waals surface area (Å²) in [7, 11) is 0. The predicted octanol–water partition coefficient (Wildman–Crippen LogP) is 2.08.